The normalized spacial score (nSPS) is 13.9. The largest absolute Gasteiger partial charge is 0.550 e. The van der Waals surface area contributed by atoms with Crippen LogP contribution in [-0.4, -0.2) is 62.1 Å². The van der Waals surface area contributed by atoms with Crippen LogP contribution in [0.1, 0.15) is 43.9 Å². The zero-order valence-corrected chi connectivity index (χ0v) is 20.5. The number of carboxylic acid groups (broad SMARTS) is 1. The monoisotopic (exact) mass is 494 g/mol. The van der Waals surface area contributed by atoms with Crippen molar-refractivity contribution in [2.24, 2.45) is 0 Å². The van der Waals surface area contributed by atoms with Gasteiger partial charge in [0.15, 0.2) is 0 Å². The van der Waals surface area contributed by atoms with Gasteiger partial charge in [0.1, 0.15) is 5.82 Å². The third-order valence-corrected chi connectivity index (χ3v) is 6.28. The van der Waals surface area contributed by atoms with Crippen LogP contribution in [0.2, 0.25) is 0 Å². The molecular weight excluding hydrogens is 465 g/mol. The van der Waals surface area contributed by atoms with E-state index in [-0.39, 0.29) is 24.7 Å². The first kappa shape index (κ1) is 27.4. The van der Waals surface area contributed by atoms with Crippen molar-refractivity contribution in [3.8, 4) is 11.3 Å². The number of carbonyl (C=O) groups is 1. The van der Waals surface area contributed by atoms with Gasteiger partial charge in [-0.2, -0.15) is 0 Å². The summed E-state index contributed by atoms with van der Waals surface area (Å²) < 4.78 is 43.8. The molecule has 0 saturated heterocycles. The number of benzene rings is 1. The molecule has 0 aliphatic heterocycles. The Morgan fingerprint density at radius 3 is 2.38 bits per heavy atom. The summed E-state index contributed by atoms with van der Waals surface area (Å²) in [6.07, 6.45) is 1.94. The Morgan fingerprint density at radius 2 is 1.88 bits per heavy atom. The lowest BCUT2D eigenvalue weighted by atomic mass is 9.97. The van der Waals surface area contributed by atoms with Crippen molar-refractivity contribution in [1.82, 2.24) is 9.97 Å². The second-order valence-corrected chi connectivity index (χ2v) is 10.2. The van der Waals surface area contributed by atoms with Crippen molar-refractivity contribution >= 4 is 28.0 Å². The van der Waals surface area contributed by atoms with Crippen LogP contribution < -0.4 is 9.41 Å². The molecule has 0 amide bonds. The molecule has 9 nitrogen and oxygen atoms in total. The van der Waals surface area contributed by atoms with Crippen LogP contribution >= 0.6 is 0 Å². The van der Waals surface area contributed by atoms with Crippen LogP contribution in [0.4, 0.5) is 10.3 Å². The number of ether oxygens (including phenoxy) is 1. The second kappa shape index (κ2) is 11.5. The molecule has 1 aromatic carbocycles. The first-order valence-electron chi connectivity index (χ1n) is 10.5. The maximum atomic E-state index is 13.5. The third-order valence-electron chi connectivity index (χ3n) is 5.12. The number of aromatic nitrogens is 2. The quantitative estimate of drug-likeness (QED) is 0.499. The maximum Gasteiger partial charge on any atom is 0.239 e. The standard InChI is InChI=1S/C23H30FN3O6S/c1-14(2)21-19(11-10-17(28)12-18(33-4)13-20(29)30)22(15-6-8-16(24)9-7-15)26-23(25-21)27(3)34(5,31)32/h6-11,14,17-18,28H,12-13H2,1-5H3,(H,29,30)/p-1/b11-10+. The number of halogens is 1. The van der Waals surface area contributed by atoms with Gasteiger partial charge in [-0.05, 0) is 30.2 Å². The summed E-state index contributed by atoms with van der Waals surface area (Å²) in [7, 11) is -0.962. The van der Waals surface area contributed by atoms with Crippen molar-refractivity contribution < 1.29 is 32.6 Å². The summed E-state index contributed by atoms with van der Waals surface area (Å²) in [5, 5.41) is 21.3. The Kier molecular flexibility index (Phi) is 9.25. The van der Waals surface area contributed by atoms with E-state index in [0.29, 0.717) is 22.5 Å². The lowest BCUT2D eigenvalue weighted by Gasteiger charge is -2.21. The molecule has 0 fully saturated rings. The summed E-state index contributed by atoms with van der Waals surface area (Å²) in [4.78, 5) is 19.8. The van der Waals surface area contributed by atoms with Gasteiger partial charge < -0.3 is 19.7 Å². The van der Waals surface area contributed by atoms with Gasteiger partial charge >= 0.3 is 0 Å². The van der Waals surface area contributed by atoms with Crippen molar-refractivity contribution in [1.29, 1.82) is 0 Å². The van der Waals surface area contributed by atoms with E-state index in [2.05, 4.69) is 9.97 Å². The predicted molar refractivity (Wildman–Crippen MR) is 125 cm³/mol. The number of methoxy groups -OCH3 is 1. The Balaban J connectivity index is 2.61. The predicted octanol–water partition coefficient (Wildman–Crippen LogP) is 1.72. The number of aliphatic hydroxyl groups is 1. The van der Waals surface area contributed by atoms with Crippen LogP contribution in [-0.2, 0) is 19.6 Å². The molecule has 0 radical (unpaired) electrons. The van der Waals surface area contributed by atoms with Crippen LogP contribution in [0.5, 0.6) is 0 Å². The molecule has 0 saturated carbocycles. The Bertz CT molecular complexity index is 1140. The number of anilines is 1. The SMILES string of the molecule is COC(CC(=O)[O-])CC(O)/C=C/c1c(-c2ccc(F)cc2)nc(N(C)S(C)(=O)=O)nc1C(C)C. The van der Waals surface area contributed by atoms with Crippen LogP contribution in [0.15, 0.2) is 30.3 Å². The minimum Gasteiger partial charge on any atom is -0.550 e. The lowest BCUT2D eigenvalue weighted by molar-refractivity contribution is -0.307. The molecule has 0 aliphatic carbocycles. The number of aliphatic hydroxyl groups excluding tert-OH is 1. The number of hydrogen-bond acceptors (Lipinski definition) is 8. The first-order valence-corrected chi connectivity index (χ1v) is 12.4. The molecule has 0 spiro atoms. The van der Waals surface area contributed by atoms with E-state index in [4.69, 9.17) is 4.74 Å². The van der Waals surface area contributed by atoms with E-state index in [1.54, 1.807) is 6.08 Å². The number of carbonyl (C=O) groups excluding carboxylic acids is 1. The molecule has 0 bridgehead atoms. The highest BCUT2D eigenvalue weighted by atomic mass is 32.2. The number of aliphatic carboxylic acids is 1. The van der Waals surface area contributed by atoms with Gasteiger partial charge in [0.25, 0.3) is 0 Å². The van der Waals surface area contributed by atoms with Crippen molar-refractivity contribution in [3.05, 3.63) is 47.4 Å². The Hall–Kier alpha value is -2.89. The van der Waals surface area contributed by atoms with Gasteiger partial charge in [0, 0.05) is 44.1 Å². The molecule has 186 valence electrons. The van der Waals surface area contributed by atoms with E-state index < -0.39 is 34.0 Å². The van der Waals surface area contributed by atoms with Crippen LogP contribution in [0, 0.1) is 5.82 Å². The van der Waals surface area contributed by atoms with Gasteiger partial charge in [0.05, 0.1) is 29.9 Å². The number of nitrogens with zero attached hydrogens (tertiary/aromatic N) is 3. The molecule has 2 unspecified atom stereocenters. The Morgan fingerprint density at radius 1 is 1.26 bits per heavy atom. The Labute approximate surface area is 199 Å². The van der Waals surface area contributed by atoms with Crippen LogP contribution in [0.3, 0.4) is 0 Å². The van der Waals surface area contributed by atoms with Gasteiger partial charge in [-0.3, -0.25) is 0 Å². The summed E-state index contributed by atoms with van der Waals surface area (Å²) in [5.41, 5.74) is 1.90. The topological polar surface area (TPSA) is 133 Å². The molecule has 1 heterocycles. The lowest BCUT2D eigenvalue weighted by Crippen LogP contribution is -2.30. The smallest absolute Gasteiger partial charge is 0.239 e. The zero-order chi connectivity index (χ0) is 25.6. The second-order valence-electron chi connectivity index (χ2n) is 8.16. The highest BCUT2D eigenvalue weighted by molar-refractivity contribution is 7.92. The molecule has 1 aromatic heterocycles. The number of sulfonamides is 1. The minimum atomic E-state index is -3.65. The molecule has 2 rings (SSSR count). The van der Waals surface area contributed by atoms with E-state index in [1.807, 2.05) is 13.8 Å². The molecule has 2 aromatic rings. The van der Waals surface area contributed by atoms with Gasteiger partial charge in [-0.15, -0.1) is 0 Å². The summed E-state index contributed by atoms with van der Waals surface area (Å²) >= 11 is 0. The average molecular weight is 495 g/mol. The third kappa shape index (κ3) is 7.31. The van der Waals surface area contributed by atoms with E-state index in [0.717, 1.165) is 10.6 Å². The van der Waals surface area contributed by atoms with Crippen molar-refractivity contribution in [3.63, 3.8) is 0 Å². The summed E-state index contributed by atoms with van der Waals surface area (Å²) in [6, 6.07) is 5.55. The number of carboxylic acids is 1. The minimum absolute atomic E-state index is 0.0135. The van der Waals surface area contributed by atoms with E-state index in [9.17, 15) is 27.8 Å². The molecule has 2 atom stereocenters. The summed E-state index contributed by atoms with van der Waals surface area (Å²) in [5.74, 6) is -1.93. The fourth-order valence-electron chi connectivity index (χ4n) is 3.20. The fourth-order valence-corrected chi connectivity index (χ4v) is 3.58. The average Bonchev–Trinajstić information content (AvgIpc) is 2.75. The number of rotatable bonds is 11. The van der Waals surface area contributed by atoms with Crippen molar-refractivity contribution in [2.75, 3.05) is 24.7 Å². The van der Waals surface area contributed by atoms with Gasteiger partial charge in [-0.1, -0.05) is 26.0 Å². The zero-order valence-electron chi connectivity index (χ0n) is 19.7. The highest BCUT2D eigenvalue weighted by Gasteiger charge is 2.22. The van der Waals surface area contributed by atoms with Gasteiger partial charge in [0.2, 0.25) is 16.0 Å². The molecule has 0 aliphatic rings. The van der Waals surface area contributed by atoms with E-state index >= 15 is 0 Å². The highest BCUT2D eigenvalue weighted by Crippen LogP contribution is 2.31. The molecule has 34 heavy (non-hydrogen) atoms. The first-order chi connectivity index (χ1) is 15.8. The maximum absolute atomic E-state index is 13.5. The molecular formula is C23H29FN3O6S-. The number of hydrogen-bond donors (Lipinski definition) is 1. The van der Waals surface area contributed by atoms with Crippen molar-refractivity contribution in [2.45, 2.75) is 44.8 Å². The molecule has 1 N–H and O–H groups in total. The van der Waals surface area contributed by atoms with Gasteiger partial charge in [-0.25, -0.2) is 27.1 Å². The fraction of sp³-hybridized carbons (Fsp3) is 0.435. The van der Waals surface area contributed by atoms with E-state index in [1.165, 1.54) is 44.5 Å². The summed E-state index contributed by atoms with van der Waals surface area (Å²) in [6.45, 7) is 3.74. The molecule has 11 heteroatoms. The van der Waals surface area contributed by atoms with Crippen LogP contribution in [0.25, 0.3) is 17.3 Å².